The summed E-state index contributed by atoms with van der Waals surface area (Å²) in [5.74, 6) is 1.31. The molecular weight excluding hydrogens is 410 g/mol. The molecule has 31 heavy (non-hydrogen) atoms. The first-order valence-electron chi connectivity index (χ1n) is 10.3. The number of carbonyl (C=O) groups excluding carboxylic acids is 1. The summed E-state index contributed by atoms with van der Waals surface area (Å²) in [5.41, 5.74) is 4.07. The second kappa shape index (κ2) is 9.49. The fourth-order valence-corrected chi connectivity index (χ4v) is 4.56. The van der Waals surface area contributed by atoms with Crippen molar-refractivity contribution in [1.82, 2.24) is 14.8 Å². The Hall–Kier alpha value is -2.90. The standard InChI is InChI=1S/C24H27N3O3S/c1-17-6-4-5-7-19(17)15-26-10-12-27(13-11-26)24(28)20-16-31-23(25-20)18-8-9-21(29-2)22(14-18)30-3/h4-9,14,16H,10-13,15H2,1-3H3. The predicted octanol–water partition coefficient (Wildman–Crippen LogP) is 4.09. The molecule has 1 amide bonds. The molecule has 1 aliphatic heterocycles. The van der Waals surface area contributed by atoms with Crippen LogP contribution in [0.4, 0.5) is 0 Å². The van der Waals surface area contributed by atoms with Gasteiger partial charge in [0.1, 0.15) is 10.7 Å². The van der Waals surface area contributed by atoms with Crippen LogP contribution in [0.25, 0.3) is 10.6 Å². The Morgan fingerprint density at radius 2 is 1.77 bits per heavy atom. The summed E-state index contributed by atoms with van der Waals surface area (Å²) in [4.78, 5) is 21.9. The van der Waals surface area contributed by atoms with E-state index in [-0.39, 0.29) is 5.91 Å². The van der Waals surface area contributed by atoms with E-state index in [1.165, 1.54) is 22.5 Å². The summed E-state index contributed by atoms with van der Waals surface area (Å²) in [7, 11) is 3.22. The van der Waals surface area contributed by atoms with Crippen molar-refractivity contribution in [2.75, 3.05) is 40.4 Å². The van der Waals surface area contributed by atoms with Gasteiger partial charge in [-0.2, -0.15) is 0 Å². The van der Waals surface area contributed by atoms with Crippen LogP contribution in [0.1, 0.15) is 21.6 Å². The first-order valence-corrected chi connectivity index (χ1v) is 11.2. The Bertz CT molecular complexity index is 1060. The zero-order chi connectivity index (χ0) is 21.8. The molecular formula is C24H27N3O3S. The number of aryl methyl sites for hydroxylation is 1. The van der Waals surface area contributed by atoms with Crippen LogP contribution < -0.4 is 9.47 Å². The van der Waals surface area contributed by atoms with Gasteiger partial charge >= 0.3 is 0 Å². The van der Waals surface area contributed by atoms with Crippen molar-refractivity contribution in [3.8, 4) is 22.1 Å². The Kier molecular flexibility index (Phi) is 6.53. The Morgan fingerprint density at radius 3 is 2.48 bits per heavy atom. The maximum Gasteiger partial charge on any atom is 0.273 e. The van der Waals surface area contributed by atoms with Crippen LogP contribution in [0, 0.1) is 6.92 Å². The monoisotopic (exact) mass is 437 g/mol. The average molecular weight is 438 g/mol. The molecule has 2 heterocycles. The van der Waals surface area contributed by atoms with Crippen molar-refractivity contribution in [3.05, 3.63) is 64.7 Å². The lowest BCUT2D eigenvalue weighted by molar-refractivity contribution is 0.0623. The minimum Gasteiger partial charge on any atom is -0.493 e. The summed E-state index contributed by atoms with van der Waals surface area (Å²) < 4.78 is 10.7. The van der Waals surface area contributed by atoms with E-state index < -0.39 is 0 Å². The molecule has 1 fully saturated rings. The lowest BCUT2D eigenvalue weighted by atomic mass is 10.1. The van der Waals surface area contributed by atoms with E-state index in [4.69, 9.17) is 9.47 Å². The lowest BCUT2D eigenvalue weighted by Gasteiger charge is -2.34. The van der Waals surface area contributed by atoms with Gasteiger partial charge in [0.15, 0.2) is 11.5 Å². The first-order chi connectivity index (χ1) is 15.1. The molecule has 0 atom stereocenters. The van der Waals surface area contributed by atoms with Crippen molar-refractivity contribution in [2.45, 2.75) is 13.5 Å². The van der Waals surface area contributed by atoms with Crippen molar-refractivity contribution in [1.29, 1.82) is 0 Å². The summed E-state index contributed by atoms with van der Waals surface area (Å²) >= 11 is 1.47. The van der Waals surface area contributed by atoms with E-state index >= 15 is 0 Å². The third-order valence-electron chi connectivity index (χ3n) is 5.67. The molecule has 1 aromatic heterocycles. The van der Waals surface area contributed by atoms with Crippen LogP contribution in [-0.4, -0.2) is 61.1 Å². The van der Waals surface area contributed by atoms with Gasteiger partial charge in [-0.25, -0.2) is 4.98 Å². The molecule has 7 heteroatoms. The number of hydrogen-bond donors (Lipinski definition) is 0. The highest BCUT2D eigenvalue weighted by Gasteiger charge is 2.24. The molecule has 0 radical (unpaired) electrons. The van der Waals surface area contributed by atoms with E-state index in [0.717, 1.165) is 30.2 Å². The quantitative estimate of drug-likeness (QED) is 0.581. The Balaban J connectivity index is 1.39. The number of benzene rings is 2. The fourth-order valence-electron chi connectivity index (χ4n) is 3.77. The van der Waals surface area contributed by atoms with Gasteiger partial charge in [0.2, 0.25) is 0 Å². The van der Waals surface area contributed by atoms with Gasteiger partial charge in [-0.05, 0) is 36.2 Å². The van der Waals surface area contributed by atoms with Gasteiger partial charge in [0.05, 0.1) is 14.2 Å². The molecule has 0 aliphatic carbocycles. The van der Waals surface area contributed by atoms with E-state index in [2.05, 4.69) is 41.1 Å². The molecule has 0 saturated carbocycles. The number of thiazole rings is 1. The summed E-state index contributed by atoms with van der Waals surface area (Å²) in [6.45, 7) is 6.24. The number of methoxy groups -OCH3 is 2. The number of hydrogen-bond acceptors (Lipinski definition) is 6. The average Bonchev–Trinajstić information content (AvgIpc) is 3.30. The van der Waals surface area contributed by atoms with Gasteiger partial charge in [0, 0.05) is 43.7 Å². The number of nitrogens with zero attached hydrogens (tertiary/aromatic N) is 3. The first kappa shape index (κ1) is 21.3. The summed E-state index contributed by atoms with van der Waals surface area (Å²) in [6.07, 6.45) is 0. The second-order valence-corrected chi connectivity index (χ2v) is 8.46. The van der Waals surface area contributed by atoms with Crippen LogP contribution in [0.5, 0.6) is 11.5 Å². The normalized spacial score (nSPS) is 14.5. The van der Waals surface area contributed by atoms with Crippen molar-refractivity contribution < 1.29 is 14.3 Å². The van der Waals surface area contributed by atoms with Crippen molar-refractivity contribution >= 4 is 17.2 Å². The van der Waals surface area contributed by atoms with Crippen molar-refractivity contribution in [3.63, 3.8) is 0 Å². The molecule has 0 N–H and O–H groups in total. The van der Waals surface area contributed by atoms with Crippen LogP contribution in [0.2, 0.25) is 0 Å². The smallest absolute Gasteiger partial charge is 0.273 e. The highest BCUT2D eigenvalue weighted by Crippen LogP contribution is 2.33. The number of aromatic nitrogens is 1. The van der Waals surface area contributed by atoms with E-state index in [9.17, 15) is 4.79 Å². The topological polar surface area (TPSA) is 54.9 Å². The van der Waals surface area contributed by atoms with Crippen LogP contribution in [0.3, 0.4) is 0 Å². The Morgan fingerprint density at radius 1 is 1.03 bits per heavy atom. The molecule has 1 aliphatic rings. The van der Waals surface area contributed by atoms with Crippen LogP contribution in [0.15, 0.2) is 47.8 Å². The van der Waals surface area contributed by atoms with Gasteiger partial charge in [0.25, 0.3) is 5.91 Å². The van der Waals surface area contributed by atoms with Gasteiger partial charge < -0.3 is 14.4 Å². The molecule has 162 valence electrons. The minimum absolute atomic E-state index is 0.00137. The SMILES string of the molecule is COc1ccc(-c2nc(C(=O)N3CCN(Cc4ccccc4C)CC3)cs2)cc1OC. The second-order valence-electron chi connectivity index (χ2n) is 7.60. The van der Waals surface area contributed by atoms with Crippen molar-refractivity contribution in [2.24, 2.45) is 0 Å². The number of piperazine rings is 1. The molecule has 0 unspecified atom stereocenters. The fraction of sp³-hybridized carbons (Fsp3) is 0.333. The molecule has 3 aromatic rings. The molecule has 1 saturated heterocycles. The number of amides is 1. The third kappa shape index (κ3) is 4.73. The molecule has 0 spiro atoms. The minimum atomic E-state index is -0.00137. The maximum atomic E-state index is 13.0. The maximum absolute atomic E-state index is 13.0. The largest absolute Gasteiger partial charge is 0.493 e. The highest BCUT2D eigenvalue weighted by molar-refractivity contribution is 7.13. The van der Waals surface area contributed by atoms with Gasteiger partial charge in [-0.3, -0.25) is 9.69 Å². The van der Waals surface area contributed by atoms with E-state index in [1.54, 1.807) is 14.2 Å². The number of carbonyl (C=O) groups is 1. The van der Waals surface area contributed by atoms with Crippen LogP contribution in [-0.2, 0) is 6.54 Å². The molecule has 2 aromatic carbocycles. The van der Waals surface area contributed by atoms with E-state index in [1.807, 2.05) is 28.5 Å². The number of rotatable bonds is 6. The number of ether oxygens (including phenoxy) is 2. The van der Waals surface area contributed by atoms with Crippen LogP contribution >= 0.6 is 11.3 Å². The predicted molar refractivity (Wildman–Crippen MR) is 123 cm³/mol. The molecule has 0 bridgehead atoms. The van der Waals surface area contributed by atoms with E-state index in [0.29, 0.717) is 30.3 Å². The summed E-state index contributed by atoms with van der Waals surface area (Å²) in [6, 6.07) is 14.1. The highest BCUT2D eigenvalue weighted by atomic mass is 32.1. The Labute approximate surface area is 187 Å². The van der Waals surface area contributed by atoms with Gasteiger partial charge in [-0.15, -0.1) is 11.3 Å². The summed E-state index contributed by atoms with van der Waals surface area (Å²) in [5, 5.41) is 2.64. The van der Waals surface area contributed by atoms with Gasteiger partial charge in [-0.1, -0.05) is 24.3 Å². The lowest BCUT2D eigenvalue weighted by Crippen LogP contribution is -2.48. The molecule has 6 nitrogen and oxygen atoms in total. The zero-order valence-corrected chi connectivity index (χ0v) is 18.9. The molecule has 4 rings (SSSR count). The zero-order valence-electron chi connectivity index (χ0n) is 18.1. The third-order valence-corrected chi connectivity index (χ3v) is 6.56.